The fourth-order valence-corrected chi connectivity index (χ4v) is 2.61. The molecule has 0 heterocycles. The third kappa shape index (κ3) is 3.46. The molecule has 0 aromatic heterocycles. The molecule has 0 bridgehead atoms. The van der Waals surface area contributed by atoms with Gasteiger partial charge in [-0.2, -0.15) is 0 Å². The van der Waals surface area contributed by atoms with E-state index in [-0.39, 0.29) is 4.90 Å². The fourth-order valence-electron chi connectivity index (χ4n) is 1.21. The molecule has 3 N–H and O–H groups in total. The van der Waals surface area contributed by atoms with Crippen LogP contribution in [-0.2, 0) is 10.0 Å². The molecule has 0 amide bonds. The maximum absolute atomic E-state index is 11.9. The van der Waals surface area contributed by atoms with E-state index in [1.54, 1.807) is 13.0 Å². The van der Waals surface area contributed by atoms with Crippen molar-refractivity contribution in [2.45, 2.75) is 18.2 Å². The number of benzene rings is 1. The first-order valence-corrected chi connectivity index (χ1v) is 6.91. The summed E-state index contributed by atoms with van der Waals surface area (Å²) in [6, 6.07) is 2.79. The molecule has 4 nitrogen and oxygen atoms in total. The molecule has 94 valence electrons. The monoisotopic (exact) mass is 274 g/mol. The average molecular weight is 275 g/mol. The van der Waals surface area contributed by atoms with E-state index in [2.05, 4.69) is 11.3 Å². The maximum Gasteiger partial charge on any atom is 0.240 e. The van der Waals surface area contributed by atoms with Crippen LogP contribution >= 0.6 is 11.6 Å². The van der Waals surface area contributed by atoms with Gasteiger partial charge in [0.2, 0.25) is 10.0 Å². The molecular weight excluding hydrogens is 260 g/mol. The van der Waals surface area contributed by atoms with Gasteiger partial charge in [-0.3, -0.25) is 0 Å². The number of nitrogen functional groups attached to an aromatic ring is 1. The van der Waals surface area contributed by atoms with Gasteiger partial charge in [0.1, 0.15) is 0 Å². The van der Waals surface area contributed by atoms with Gasteiger partial charge in [-0.1, -0.05) is 17.7 Å². The number of sulfonamides is 1. The highest BCUT2D eigenvalue weighted by Crippen LogP contribution is 2.25. The second-order valence-electron chi connectivity index (χ2n) is 3.59. The molecule has 0 atom stereocenters. The summed E-state index contributed by atoms with van der Waals surface area (Å²) < 4.78 is 26.2. The summed E-state index contributed by atoms with van der Waals surface area (Å²) in [7, 11) is -3.56. The average Bonchev–Trinajstić information content (AvgIpc) is 2.25. The smallest absolute Gasteiger partial charge is 0.240 e. The van der Waals surface area contributed by atoms with Crippen LogP contribution in [0, 0.1) is 6.92 Å². The Hall–Kier alpha value is -1.04. The highest BCUT2D eigenvalue weighted by molar-refractivity contribution is 7.89. The number of halogens is 1. The summed E-state index contributed by atoms with van der Waals surface area (Å²) in [5.41, 5.74) is 6.72. The number of nitrogens with one attached hydrogen (secondary N) is 1. The van der Waals surface area contributed by atoms with Gasteiger partial charge < -0.3 is 5.73 Å². The topological polar surface area (TPSA) is 72.2 Å². The standard InChI is InChI=1S/C11H15ClN2O2S/c1-3-4-5-14-17(15,16)9-6-10(12)8(2)11(13)7-9/h3,6-7,14H,1,4-5,13H2,2H3. The molecule has 0 unspecified atom stereocenters. The Bertz CT molecular complexity index is 503. The van der Waals surface area contributed by atoms with E-state index in [0.717, 1.165) is 0 Å². The summed E-state index contributed by atoms with van der Waals surface area (Å²) in [4.78, 5) is 0.0784. The molecule has 1 aromatic rings. The molecule has 0 aliphatic carbocycles. The lowest BCUT2D eigenvalue weighted by atomic mass is 10.2. The molecule has 0 radical (unpaired) electrons. The van der Waals surface area contributed by atoms with Crippen LogP contribution in [0.2, 0.25) is 5.02 Å². The molecule has 17 heavy (non-hydrogen) atoms. The van der Waals surface area contributed by atoms with Crippen molar-refractivity contribution in [2.75, 3.05) is 12.3 Å². The summed E-state index contributed by atoms with van der Waals surface area (Å²) >= 11 is 5.90. The Balaban J connectivity index is 3.03. The van der Waals surface area contributed by atoms with E-state index >= 15 is 0 Å². The molecular formula is C11H15ClN2O2S. The van der Waals surface area contributed by atoms with Gasteiger partial charge in [0.25, 0.3) is 0 Å². The van der Waals surface area contributed by atoms with Crippen molar-refractivity contribution >= 4 is 27.3 Å². The molecule has 0 fully saturated rings. The van der Waals surface area contributed by atoms with E-state index in [0.29, 0.717) is 29.2 Å². The molecule has 1 aromatic carbocycles. The summed E-state index contributed by atoms with van der Waals surface area (Å²) in [6.45, 7) is 5.56. The molecule has 1 rings (SSSR count). The van der Waals surface area contributed by atoms with Crippen molar-refractivity contribution in [3.05, 3.63) is 35.4 Å². The lowest BCUT2D eigenvalue weighted by molar-refractivity contribution is 0.582. The zero-order valence-corrected chi connectivity index (χ0v) is 11.1. The van der Waals surface area contributed by atoms with Crippen molar-refractivity contribution in [1.82, 2.24) is 4.72 Å². The Morgan fingerprint density at radius 1 is 1.53 bits per heavy atom. The SMILES string of the molecule is C=CCCNS(=O)(=O)c1cc(N)c(C)c(Cl)c1. The third-order valence-electron chi connectivity index (χ3n) is 2.31. The van der Waals surface area contributed by atoms with E-state index in [1.165, 1.54) is 12.1 Å². The van der Waals surface area contributed by atoms with Crippen molar-refractivity contribution < 1.29 is 8.42 Å². The first kappa shape index (κ1) is 14.0. The third-order valence-corrected chi connectivity index (χ3v) is 4.14. The quantitative estimate of drug-likeness (QED) is 0.491. The van der Waals surface area contributed by atoms with E-state index in [4.69, 9.17) is 17.3 Å². The largest absolute Gasteiger partial charge is 0.398 e. The first-order chi connectivity index (χ1) is 7.88. The predicted octanol–water partition coefficient (Wildman–Crippen LogP) is 2.09. The summed E-state index contributed by atoms with van der Waals surface area (Å²) in [5, 5.41) is 0.342. The zero-order valence-electron chi connectivity index (χ0n) is 9.53. The van der Waals surface area contributed by atoms with Gasteiger partial charge in [-0.15, -0.1) is 6.58 Å². The van der Waals surface area contributed by atoms with Crippen LogP contribution in [0.1, 0.15) is 12.0 Å². The minimum absolute atomic E-state index is 0.0784. The minimum atomic E-state index is -3.56. The molecule has 0 aliphatic rings. The summed E-state index contributed by atoms with van der Waals surface area (Å²) in [5.74, 6) is 0. The van der Waals surface area contributed by atoms with E-state index < -0.39 is 10.0 Å². The second kappa shape index (κ2) is 5.53. The Morgan fingerprint density at radius 3 is 2.71 bits per heavy atom. The normalized spacial score (nSPS) is 11.4. The van der Waals surface area contributed by atoms with Crippen molar-refractivity contribution in [1.29, 1.82) is 0 Å². The molecule has 0 spiro atoms. The lowest BCUT2D eigenvalue weighted by Crippen LogP contribution is -2.24. The highest BCUT2D eigenvalue weighted by atomic mass is 35.5. The van der Waals surface area contributed by atoms with Gasteiger partial charge in [-0.05, 0) is 31.0 Å². The van der Waals surface area contributed by atoms with Crippen molar-refractivity contribution in [3.8, 4) is 0 Å². The second-order valence-corrected chi connectivity index (χ2v) is 5.77. The fraction of sp³-hybridized carbons (Fsp3) is 0.273. The van der Waals surface area contributed by atoms with Crippen LogP contribution in [0.4, 0.5) is 5.69 Å². The number of anilines is 1. The van der Waals surface area contributed by atoms with Gasteiger partial charge >= 0.3 is 0 Å². The lowest BCUT2D eigenvalue weighted by Gasteiger charge is -2.09. The Labute approximate surface area is 107 Å². The molecule has 0 aliphatic heterocycles. The summed E-state index contributed by atoms with van der Waals surface area (Å²) in [6.07, 6.45) is 2.20. The predicted molar refractivity (Wildman–Crippen MR) is 70.6 cm³/mol. The van der Waals surface area contributed by atoms with Crippen LogP contribution < -0.4 is 10.5 Å². The highest BCUT2D eigenvalue weighted by Gasteiger charge is 2.15. The zero-order chi connectivity index (χ0) is 13.1. The molecule has 0 saturated carbocycles. The van der Waals surface area contributed by atoms with E-state index in [1.807, 2.05) is 0 Å². The van der Waals surface area contributed by atoms with Crippen LogP contribution in [-0.4, -0.2) is 15.0 Å². The van der Waals surface area contributed by atoms with Crippen LogP contribution in [0.3, 0.4) is 0 Å². The molecule has 6 heteroatoms. The molecule has 0 saturated heterocycles. The number of nitrogens with two attached hydrogens (primary N) is 1. The van der Waals surface area contributed by atoms with Gasteiger partial charge in [0.05, 0.1) is 4.90 Å². The van der Waals surface area contributed by atoms with Gasteiger partial charge in [0.15, 0.2) is 0 Å². The Morgan fingerprint density at radius 2 is 2.18 bits per heavy atom. The number of hydrogen-bond acceptors (Lipinski definition) is 3. The van der Waals surface area contributed by atoms with E-state index in [9.17, 15) is 8.42 Å². The van der Waals surface area contributed by atoms with Gasteiger partial charge in [-0.25, -0.2) is 13.1 Å². The van der Waals surface area contributed by atoms with Gasteiger partial charge in [0, 0.05) is 17.3 Å². The van der Waals surface area contributed by atoms with Crippen LogP contribution in [0.5, 0.6) is 0 Å². The van der Waals surface area contributed by atoms with Crippen molar-refractivity contribution in [2.24, 2.45) is 0 Å². The number of rotatable bonds is 5. The van der Waals surface area contributed by atoms with Crippen molar-refractivity contribution in [3.63, 3.8) is 0 Å². The van der Waals surface area contributed by atoms with Crippen LogP contribution in [0.15, 0.2) is 29.7 Å². The minimum Gasteiger partial charge on any atom is -0.398 e. The number of hydrogen-bond donors (Lipinski definition) is 2. The maximum atomic E-state index is 11.9. The first-order valence-electron chi connectivity index (χ1n) is 5.04. The van der Waals surface area contributed by atoms with Crippen LogP contribution in [0.25, 0.3) is 0 Å². The Kier molecular flexibility index (Phi) is 4.56.